The van der Waals surface area contributed by atoms with Crippen LogP contribution in [0.15, 0.2) is 11.1 Å². The van der Waals surface area contributed by atoms with Gasteiger partial charge in [-0.15, -0.1) is 11.3 Å². The fraction of sp³-hybridized carbons (Fsp3) is 0.778. The number of Topliss-reactive ketones (excluding diaryl/α,β-unsaturated/α-hetero) is 1. The fourth-order valence-electron chi connectivity index (χ4n) is 9.82. The summed E-state index contributed by atoms with van der Waals surface area (Å²) in [4.78, 5) is 20.5. The molecule has 3 N–H and O–H groups in total. The minimum Gasteiger partial charge on any atom is -0.387 e. The van der Waals surface area contributed by atoms with Gasteiger partial charge in [-0.25, -0.2) is 4.98 Å². The molecule has 5 aliphatic carbocycles. The minimum absolute atomic E-state index is 0.0172. The Morgan fingerprint density at radius 1 is 1.29 bits per heavy atom. The van der Waals surface area contributed by atoms with E-state index in [0.717, 1.165) is 55.0 Å². The van der Waals surface area contributed by atoms with Gasteiger partial charge in [0, 0.05) is 34.2 Å². The number of aliphatic hydroxyl groups excluding tert-OH is 1. The van der Waals surface area contributed by atoms with Crippen LogP contribution in [0.4, 0.5) is 5.13 Å². The lowest BCUT2D eigenvalue weighted by Crippen LogP contribution is -2.85. The average Bonchev–Trinajstić information content (AvgIpc) is 3.06. The van der Waals surface area contributed by atoms with Crippen molar-refractivity contribution in [2.45, 2.75) is 83.5 Å². The van der Waals surface area contributed by atoms with Crippen LogP contribution in [0, 0.1) is 34.5 Å². The van der Waals surface area contributed by atoms with E-state index in [1.165, 1.54) is 10.5 Å². The lowest BCUT2D eigenvalue weighted by atomic mass is 9.26. The van der Waals surface area contributed by atoms with Crippen molar-refractivity contribution < 1.29 is 19.7 Å². The van der Waals surface area contributed by atoms with Crippen molar-refractivity contribution in [1.82, 2.24) is 4.98 Å². The molecule has 34 heavy (non-hydrogen) atoms. The maximum absolute atomic E-state index is 14.0. The van der Waals surface area contributed by atoms with Crippen molar-refractivity contribution in [3.05, 3.63) is 21.7 Å². The summed E-state index contributed by atoms with van der Waals surface area (Å²) >= 11 is 1.75. The molecule has 2 saturated heterocycles. The van der Waals surface area contributed by atoms with Crippen LogP contribution in [0.5, 0.6) is 0 Å². The molecule has 5 fully saturated rings. The van der Waals surface area contributed by atoms with Gasteiger partial charge in [-0.3, -0.25) is 4.79 Å². The van der Waals surface area contributed by atoms with Crippen LogP contribution in [0.25, 0.3) is 0 Å². The summed E-state index contributed by atoms with van der Waals surface area (Å²) in [6, 6.07) is 0. The minimum atomic E-state index is -1.82. The SMILES string of the molecule is CCCCNc1nc2c(s1)CC(C)(C)C1C(O)C3(O)OCCC21C1CCC2C(C)=C4C(=O)C13C42. The van der Waals surface area contributed by atoms with Crippen LogP contribution in [-0.4, -0.2) is 46.0 Å². The van der Waals surface area contributed by atoms with Crippen molar-refractivity contribution in [2.75, 3.05) is 18.5 Å². The van der Waals surface area contributed by atoms with Gasteiger partial charge >= 0.3 is 0 Å². The summed E-state index contributed by atoms with van der Waals surface area (Å²) < 4.78 is 6.27. The Balaban J connectivity index is 1.46. The first kappa shape index (κ1) is 22.0. The van der Waals surface area contributed by atoms with E-state index >= 15 is 0 Å². The van der Waals surface area contributed by atoms with Crippen molar-refractivity contribution in [2.24, 2.45) is 34.5 Å². The number of ether oxygens (including phenoxy) is 1. The third-order valence-electron chi connectivity index (χ3n) is 10.8. The molecule has 1 aromatic heterocycles. The van der Waals surface area contributed by atoms with Crippen molar-refractivity contribution in [3.63, 3.8) is 0 Å². The zero-order chi connectivity index (χ0) is 23.8. The number of nitrogens with one attached hydrogen (secondary N) is 1. The molecule has 2 bridgehead atoms. The summed E-state index contributed by atoms with van der Waals surface area (Å²) in [5.74, 6) is -1.70. The van der Waals surface area contributed by atoms with Crippen molar-refractivity contribution in [3.8, 4) is 0 Å². The van der Waals surface area contributed by atoms with Crippen LogP contribution in [0.3, 0.4) is 0 Å². The number of carbonyl (C=O) groups is 1. The van der Waals surface area contributed by atoms with E-state index in [-0.39, 0.29) is 29.0 Å². The first-order chi connectivity index (χ1) is 16.2. The topological polar surface area (TPSA) is 91.7 Å². The molecule has 3 saturated carbocycles. The van der Waals surface area contributed by atoms with Gasteiger partial charge in [0.15, 0.2) is 10.9 Å². The van der Waals surface area contributed by atoms with Crippen LogP contribution < -0.4 is 5.32 Å². The highest BCUT2D eigenvalue weighted by Gasteiger charge is 2.88. The van der Waals surface area contributed by atoms with Crippen LogP contribution in [0.2, 0.25) is 0 Å². The molecule has 184 valence electrons. The number of ketones is 1. The number of hydrogen-bond donors (Lipinski definition) is 3. The molecule has 1 aromatic rings. The maximum Gasteiger partial charge on any atom is 0.206 e. The van der Waals surface area contributed by atoms with Gasteiger partial charge in [0.2, 0.25) is 5.79 Å². The van der Waals surface area contributed by atoms with Crippen molar-refractivity contribution in [1.29, 1.82) is 0 Å². The van der Waals surface area contributed by atoms with E-state index < -0.39 is 22.7 Å². The Morgan fingerprint density at radius 3 is 2.85 bits per heavy atom. The first-order valence-corrected chi connectivity index (χ1v) is 14.0. The lowest BCUT2D eigenvalue weighted by molar-refractivity contribution is -0.374. The molecule has 0 radical (unpaired) electrons. The second kappa shape index (κ2) is 6.53. The number of nitrogens with zero attached hydrogens (tertiary/aromatic N) is 1. The summed E-state index contributed by atoms with van der Waals surface area (Å²) in [5, 5.41) is 28.8. The van der Waals surface area contributed by atoms with E-state index in [9.17, 15) is 15.0 Å². The molecule has 8 unspecified atom stereocenters. The summed E-state index contributed by atoms with van der Waals surface area (Å²) in [6.07, 6.45) is 4.54. The fourth-order valence-corrected chi connectivity index (χ4v) is 11.1. The van der Waals surface area contributed by atoms with E-state index in [1.807, 2.05) is 0 Å². The van der Waals surface area contributed by atoms with Gasteiger partial charge in [-0.1, -0.05) is 32.8 Å². The highest BCUT2D eigenvalue weighted by molar-refractivity contribution is 7.15. The predicted molar refractivity (Wildman–Crippen MR) is 130 cm³/mol. The number of hydrogen-bond acceptors (Lipinski definition) is 7. The highest BCUT2D eigenvalue weighted by atomic mass is 32.1. The maximum atomic E-state index is 14.0. The standard InChI is InChI=1S/C27H36N2O4S/c1-5-6-10-28-23-29-20-15(34-23)12-24(3,4)19-22(31)27(32)26-16(25(19,20)9-11-33-27)8-7-14-13(2)17(18(14)26)21(26)30/h14,16,18-19,22,31-32H,5-12H2,1-4H3,(H,28,29). The van der Waals surface area contributed by atoms with Gasteiger partial charge in [0.05, 0.1) is 12.3 Å². The quantitative estimate of drug-likeness (QED) is 0.563. The predicted octanol–water partition coefficient (Wildman–Crippen LogP) is 3.82. The van der Waals surface area contributed by atoms with Gasteiger partial charge < -0.3 is 20.3 Å². The lowest BCUT2D eigenvalue weighted by Gasteiger charge is -2.76. The number of aromatic nitrogens is 1. The smallest absolute Gasteiger partial charge is 0.206 e. The summed E-state index contributed by atoms with van der Waals surface area (Å²) in [7, 11) is 0. The second-order valence-corrected chi connectivity index (χ2v) is 13.6. The molecule has 8 atom stereocenters. The molecule has 0 amide bonds. The van der Waals surface area contributed by atoms with E-state index in [0.29, 0.717) is 18.9 Å². The zero-order valence-corrected chi connectivity index (χ0v) is 21.4. The Kier molecular flexibility index (Phi) is 4.22. The Labute approximate surface area is 205 Å². The number of fused-ring (bicyclic) bond motifs is 3. The van der Waals surface area contributed by atoms with Crippen LogP contribution >= 0.6 is 11.3 Å². The molecule has 0 aromatic carbocycles. The van der Waals surface area contributed by atoms with Gasteiger partial charge in [-0.2, -0.15) is 0 Å². The molecular weight excluding hydrogens is 448 g/mol. The zero-order valence-electron chi connectivity index (χ0n) is 20.6. The molecular formula is C27H36N2O4S. The average molecular weight is 485 g/mol. The van der Waals surface area contributed by atoms with Crippen LogP contribution in [0.1, 0.15) is 70.4 Å². The number of thiazole rings is 1. The molecule has 3 heterocycles. The highest BCUT2D eigenvalue weighted by Crippen LogP contribution is 2.81. The number of aliphatic hydroxyl groups is 2. The monoisotopic (exact) mass is 484 g/mol. The number of unbranched alkanes of at least 4 members (excludes halogenated alkanes) is 1. The van der Waals surface area contributed by atoms with Gasteiger partial charge in [-0.05, 0) is 56.3 Å². The Bertz CT molecular complexity index is 1140. The van der Waals surface area contributed by atoms with Crippen LogP contribution in [-0.2, 0) is 21.4 Å². The van der Waals surface area contributed by atoms with E-state index in [2.05, 4.69) is 33.0 Å². The van der Waals surface area contributed by atoms with Crippen molar-refractivity contribution >= 4 is 22.3 Å². The van der Waals surface area contributed by atoms with Gasteiger partial charge in [0.25, 0.3) is 0 Å². The molecule has 6 nitrogen and oxygen atoms in total. The third kappa shape index (κ3) is 2.06. The largest absolute Gasteiger partial charge is 0.387 e. The number of allylic oxidation sites excluding steroid dienone is 2. The molecule has 7 heteroatoms. The normalized spacial score (nSPS) is 47.0. The molecule has 2 spiro atoms. The summed E-state index contributed by atoms with van der Waals surface area (Å²) in [5.41, 5.74) is 1.44. The second-order valence-electron chi connectivity index (χ2n) is 12.5. The Hall–Kier alpha value is -1.28. The first-order valence-electron chi connectivity index (χ1n) is 13.2. The number of carbonyl (C=O) groups excluding carboxylic acids is 1. The third-order valence-corrected chi connectivity index (χ3v) is 11.9. The number of anilines is 1. The summed E-state index contributed by atoms with van der Waals surface area (Å²) in [6.45, 7) is 9.95. The Morgan fingerprint density at radius 2 is 2.09 bits per heavy atom. The van der Waals surface area contributed by atoms with Gasteiger partial charge in [0.1, 0.15) is 11.5 Å². The number of rotatable bonds is 4. The molecule has 8 rings (SSSR count). The molecule has 7 aliphatic rings. The van der Waals surface area contributed by atoms with E-state index in [4.69, 9.17) is 9.72 Å². The molecule has 2 aliphatic heterocycles. The van der Waals surface area contributed by atoms with E-state index in [1.54, 1.807) is 11.3 Å².